The first-order chi connectivity index (χ1) is 8.63. The third kappa shape index (κ3) is 2.46. The molecule has 0 bridgehead atoms. The van der Waals surface area contributed by atoms with E-state index in [0.717, 1.165) is 28.8 Å². The van der Waals surface area contributed by atoms with Gasteiger partial charge in [0.2, 0.25) is 0 Å². The lowest BCUT2D eigenvalue weighted by Gasteiger charge is -2.06. The molecule has 0 aliphatic carbocycles. The summed E-state index contributed by atoms with van der Waals surface area (Å²) in [5.41, 5.74) is 2.80. The average molecular weight is 304 g/mol. The summed E-state index contributed by atoms with van der Waals surface area (Å²) in [7, 11) is 1.96. The van der Waals surface area contributed by atoms with Gasteiger partial charge in [-0.3, -0.25) is 0 Å². The molecule has 0 N–H and O–H groups in total. The molecule has 3 nitrogen and oxygen atoms in total. The van der Waals surface area contributed by atoms with Crippen molar-refractivity contribution in [2.24, 2.45) is 7.05 Å². The number of benzene rings is 1. The molecule has 0 saturated heterocycles. The Hall–Kier alpha value is -1.60. The Kier molecular flexibility index (Phi) is 3.83. The molecule has 0 saturated carbocycles. The highest BCUT2D eigenvalue weighted by Gasteiger charge is 2.12. The summed E-state index contributed by atoms with van der Waals surface area (Å²) < 4.78 is 3.11. The van der Waals surface area contributed by atoms with Gasteiger partial charge in [0.25, 0.3) is 0 Å². The highest BCUT2D eigenvalue weighted by atomic mass is 79.9. The Balaban J connectivity index is 2.21. The summed E-state index contributed by atoms with van der Waals surface area (Å²) in [6.07, 6.45) is 1.72. The van der Waals surface area contributed by atoms with Crippen molar-refractivity contribution in [2.45, 2.75) is 19.8 Å². The molecular formula is C14H14BrN3. The number of aromatic nitrogens is 2. The van der Waals surface area contributed by atoms with E-state index in [2.05, 4.69) is 33.0 Å². The van der Waals surface area contributed by atoms with Crippen molar-refractivity contribution >= 4 is 15.9 Å². The van der Waals surface area contributed by atoms with Crippen LogP contribution in [0.3, 0.4) is 0 Å². The van der Waals surface area contributed by atoms with E-state index in [1.54, 1.807) is 0 Å². The molecule has 0 amide bonds. The third-order valence-corrected chi connectivity index (χ3v) is 3.91. The molecule has 0 fully saturated rings. The number of imidazole rings is 1. The molecule has 92 valence electrons. The number of nitriles is 1. The van der Waals surface area contributed by atoms with Crippen molar-refractivity contribution in [1.82, 2.24) is 9.55 Å². The Morgan fingerprint density at radius 1 is 1.33 bits per heavy atom. The molecule has 2 aromatic rings. The standard InChI is InChI=1S/C14H14BrN3/c1-10-17-13(9-16)14(18(10)2)8-7-11-5-3-4-6-12(11)15/h3-6H,7-8H2,1-2H3. The van der Waals surface area contributed by atoms with Crippen LogP contribution in [0.2, 0.25) is 0 Å². The molecule has 0 spiro atoms. The van der Waals surface area contributed by atoms with Gasteiger partial charge < -0.3 is 4.57 Å². The van der Waals surface area contributed by atoms with Gasteiger partial charge in [0.05, 0.1) is 5.69 Å². The van der Waals surface area contributed by atoms with Crippen molar-refractivity contribution in [3.8, 4) is 6.07 Å². The van der Waals surface area contributed by atoms with E-state index in [1.165, 1.54) is 5.56 Å². The lowest BCUT2D eigenvalue weighted by molar-refractivity contribution is 0.770. The maximum atomic E-state index is 9.07. The quantitative estimate of drug-likeness (QED) is 0.874. The van der Waals surface area contributed by atoms with Crippen molar-refractivity contribution in [3.05, 3.63) is 51.5 Å². The van der Waals surface area contributed by atoms with E-state index in [4.69, 9.17) is 5.26 Å². The highest BCUT2D eigenvalue weighted by Crippen LogP contribution is 2.19. The van der Waals surface area contributed by atoms with E-state index >= 15 is 0 Å². The fourth-order valence-corrected chi connectivity index (χ4v) is 2.47. The second-order valence-electron chi connectivity index (χ2n) is 4.22. The molecule has 0 aliphatic heterocycles. The molecule has 0 atom stereocenters. The largest absolute Gasteiger partial charge is 0.334 e. The molecule has 2 rings (SSSR count). The summed E-state index contributed by atoms with van der Waals surface area (Å²) in [5.74, 6) is 0.883. The van der Waals surface area contributed by atoms with Gasteiger partial charge >= 0.3 is 0 Å². The Bertz CT molecular complexity index is 608. The third-order valence-electron chi connectivity index (χ3n) is 3.13. The van der Waals surface area contributed by atoms with Crippen LogP contribution in [-0.2, 0) is 19.9 Å². The summed E-state index contributed by atoms with van der Waals surface area (Å²) >= 11 is 3.54. The van der Waals surface area contributed by atoms with Gasteiger partial charge in [-0.25, -0.2) is 4.98 Å². The molecule has 18 heavy (non-hydrogen) atoms. The lowest BCUT2D eigenvalue weighted by atomic mass is 10.1. The average Bonchev–Trinajstić information content (AvgIpc) is 2.65. The van der Waals surface area contributed by atoms with E-state index in [9.17, 15) is 0 Å². The van der Waals surface area contributed by atoms with Crippen molar-refractivity contribution in [3.63, 3.8) is 0 Å². The maximum absolute atomic E-state index is 9.07. The predicted octanol–water partition coefficient (Wildman–Crippen LogP) is 3.15. The summed E-state index contributed by atoms with van der Waals surface area (Å²) in [4.78, 5) is 4.25. The SMILES string of the molecule is Cc1nc(C#N)c(CCc2ccccc2Br)n1C. The molecule has 1 heterocycles. The van der Waals surface area contributed by atoms with Gasteiger partial charge in [-0.05, 0) is 31.4 Å². The molecule has 1 aromatic heterocycles. The van der Waals surface area contributed by atoms with Crippen LogP contribution in [-0.4, -0.2) is 9.55 Å². The number of aryl methyl sites for hydroxylation is 2. The molecule has 0 aliphatic rings. The fourth-order valence-electron chi connectivity index (χ4n) is 1.99. The van der Waals surface area contributed by atoms with Gasteiger partial charge in [-0.1, -0.05) is 34.1 Å². The van der Waals surface area contributed by atoms with Gasteiger partial charge in [-0.2, -0.15) is 5.26 Å². The van der Waals surface area contributed by atoms with Crippen LogP contribution < -0.4 is 0 Å². The van der Waals surface area contributed by atoms with Crippen molar-refractivity contribution < 1.29 is 0 Å². The second kappa shape index (κ2) is 5.36. The van der Waals surface area contributed by atoms with Crippen LogP contribution in [0, 0.1) is 18.3 Å². The van der Waals surface area contributed by atoms with Gasteiger partial charge in [0.1, 0.15) is 11.9 Å². The second-order valence-corrected chi connectivity index (χ2v) is 5.07. The van der Waals surface area contributed by atoms with Crippen LogP contribution in [0.4, 0.5) is 0 Å². The Morgan fingerprint density at radius 2 is 2.06 bits per heavy atom. The maximum Gasteiger partial charge on any atom is 0.161 e. The lowest BCUT2D eigenvalue weighted by Crippen LogP contribution is -2.02. The number of nitrogens with zero attached hydrogens (tertiary/aromatic N) is 3. The van der Waals surface area contributed by atoms with Crippen molar-refractivity contribution in [2.75, 3.05) is 0 Å². The van der Waals surface area contributed by atoms with Gasteiger partial charge in [0.15, 0.2) is 5.69 Å². The predicted molar refractivity (Wildman–Crippen MR) is 74.2 cm³/mol. The zero-order chi connectivity index (χ0) is 13.1. The smallest absolute Gasteiger partial charge is 0.161 e. The summed E-state index contributed by atoms with van der Waals surface area (Å²) in [6, 6.07) is 10.3. The van der Waals surface area contributed by atoms with Crippen LogP contribution in [0.25, 0.3) is 0 Å². The molecule has 0 radical (unpaired) electrons. The minimum atomic E-state index is 0.544. The summed E-state index contributed by atoms with van der Waals surface area (Å²) in [6.45, 7) is 1.92. The van der Waals surface area contributed by atoms with Crippen LogP contribution in [0.5, 0.6) is 0 Å². The minimum absolute atomic E-state index is 0.544. The fraction of sp³-hybridized carbons (Fsp3) is 0.286. The number of hydrogen-bond acceptors (Lipinski definition) is 2. The Labute approximate surface area is 115 Å². The number of rotatable bonds is 3. The molecule has 1 aromatic carbocycles. The zero-order valence-corrected chi connectivity index (χ0v) is 12.0. The van der Waals surface area contributed by atoms with E-state index < -0.39 is 0 Å². The van der Waals surface area contributed by atoms with Crippen molar-refractivity contribution in [1.29, 1.82) is 5.26 Å². The first-order valence-electron chi connectivity index (χ1n) is 5.79. The number of hydrogen-bond donors (Lipinski definition) is 0. The minimum Gasteiger partial charge on any atom is -0.334 e. The Morgan fingerprint density at radius 3 is 2.72 bits per heavy atom. The van der Waals surface area contributed by atoms with E-state index in [1.807, 2.05) is 36.7 Å². The first-order valence-corrected chi connectivity index (χ1v) is 6.58. The van der Waals surface area contributed by atoms with Crippen LogP contribution in [0.15, 0.2) is 28.7 Å². The van der Waals surface area contributed by atoms with E-state index in [-0.39, 0.29) is 0 Å². The normalized spacial score (nSPS) is 10.3. The summed E-state index contributed by atoms with van der Waals surface area (Å²) in [5, 5.41) is 9.07. The van der Waals surface area contributed by atoms with Gasteiger partial charge in [-0.15, -0.1) is 0 Å². The van der Waals surface area contributed by atoms with E-state index in [0.29, 0.717) is 5.69 Å². The van der Waals surface area contributed by atoms with Crippen LogP contribution in [0.1, 0.15) is 22.8 Å². The van der Waals surface area contributed by atoms with Crippen LogP contribution >= 0.6 is 15.9 Å². The molecule has 4 heteroatoms. The number of halogens is 1. The molecular weight excluding hydrogens is 290 g/mol. The van der Waals surface area contributed by atoms with Gasteiger partial charge in [0, 0.05) is 11.5 Å². The topological polar surface area (TPSA) is 41.6 Å². The highest BCUT2D eigenvalue weighted by molar-refractivity contribution is 9.10. The monoisotopic (exact) mass is 303 g/mol. The zero-order valence-electron chi connectivity index (χ0n) is 10.4. The first kappa shape index (κ1) is 12.8. The molecule has 0 unspecified atom stereocenters.